The summed E-state index contributed by atoms with van der Waals surface area (Å²) in [6, 6.07) is 1.08. The van der Waals surface area contributed by atoms with Crippen LogP contribution < -0.4 is 0 Å². The van der Waals surface area contributed by atoms with Crippen molar-refractivity contribution in [3.05, 3.63) is 0 Å². The Labute approximate surface area is 276 Å². The molecule has 0 N–H and O–H groups in total. The third-order valence-electron chi connectivity index (χ3n) is 10.7. The summed E-state index contributed by atoms with van der Waals surface area (Å²) < 4.78 is 34.2. The quantitative estimate of drug-likeness (QED) is 0.143. The van der Waals surface area contributed by atoms with E-state index in [4.69, 9.17) is 21.5 Å². The first-order valence-electron chi connectivity index (χ1n) is 16.0. The third-order valence-corrected chi connectivity index (χ3v) is 28.3. The topological polar surface area (TPSA) is 49.5 Å². The number of hydrogen-bond donors (Lipinski definition) is 0. The van der Waals surface area contributed by atoms with Crippen molar-refractivity contribution in [1.82, 2.24) is 0 Å². The minimum Gasteiger partial charge on any atom is -0.438 e. The first-order chi connectivity index (χ1) is 17.7. The molecule has 43 heavy (non-hydrogen) atoms. The molecule has 0 aromatic heterocycles. The Morgan fingerprint density at radius 3 is 1.65 bits per heavy atom. The molecule has 0 aromatic carbocycles. The maximum Gasteiger partial charge on any atom is 0.325 e. The van der Waals surface area contributed by atoms with E-state index in [0.29, 0.717) is 17.7 Å². The van der Waals surface area contributed by atoms with Gasteiger partial charge in [0, 0.05) is 12.7 Å². The van der Waals surface area contributed by atoms with E-state index in [1.807, 2.05) is 7.11 Å². The van der Waals surface area contributed by atoms with Gasteiger partial charge in [0.15, 0.2) is 9.04 Å². The lowest BCUT2D eigenvalue weighted by molar-refractivity contribution is 0.241. The van der Waals surface area contributed by atoms with E-state index in [-0.39, 0.29) is 44.6 Å². The summed E-state index contributed by atoms with van der Waals surface area (Å²) in [7, 11) is -6.55. The minimum atomic E-state index is -2.48. The van der Waals surface area contributed by atoms with E-state index in [2.05, 4.69) is 26.2 Å². The van der Waals surface area contributed by atoms with Crippen LogP contribution in [0.4, 0.5) is 0 Å². The molecule has 1 aliphatic heterocycles. The van der Waals surface area contributed by atoms with Gasteiger partial charge in [-0.05, 0) is 87.8 Å². The Morgan fingerprint density at radius 2 is 1.16 bits per heavy atom. The normalized spacial score (nSPS) is 28.5. The summed E-state index contributed by atoms with van der Waals surface area (Å²) >= 11 is 0. The highest BCUT2D eigenvalue weighted by Gasteiger charge is 2.53. The molecule has 0 spiro atoms. The number of hydrogen-bond acceptors (Lipinski definition) is 5. The zero-order valence-electron chi connectivity index (χ0n) is 24.6. The van der Waals surface area contributed by atoms with E-state index in [1.54, 1.807) is 0 Å². The second kappa shape index (κ2) is 19.5. The van der Waals surface area contributed by atoms with Crippen molar-refractivity contribution in [3.8, 4) is 0 Å². The second-order valence-electron chi connectivity index (χ2n) is 14.0. The molecule has 5 fully saturated rings. The van der Waals surface area contributed by atoms with Crippen LogP contribution in [0.3, 0.4) is 0 Å². The number of epoxide rings is 1. The average Bonchev–Trinajstić information content (AvgIpc) is 3.39. The van der Waals surface area contributed by atoms with Gasteiger partial charge in [0.25, 0.3) is 0 Å². The Morgan fingerprint density at radius 1 is 0.651 bits per heavy atom. The molecular formula is C34H80O5Si4. The Bertz CT molecular complexity index is 726. The Hall–Kier alpha value is 0.668. The highest BCUT2D eigenvalue weighted by atomic mass is 28.5. The van der Waals surface area contributed by atoms with Gasteiger partial charge in [-0.3, -0.25) is 0 Å². The van der Waals surface area contributed by atoms with Gasteiger partial charge >= 0.3 is 25.7 Å². The molecule has 4 aliphatic carbocycles. The largest absolute Gasteiger partial charge is 0.438 e. The monoisotopic (exact) mass is 681 g/mol. The van der Waals surface area contributed by atoms with E-state index < -0.39 is 34.7 Å². The van der Waals surface area contributed by atoms with Crippen LogP contribution in [0.5, 0.6) is 0 Å². The Balaban J connectivity index is 0. The summed E-state index contributed by atoms with van der Waals surface area (Å²) in [5.74, 6) is 0.772. The van der Waals surface area contributed by atoms with Gasteiger partial charge < -0.3 is 21.5 Å². The van der Waals surface area contributed by atoms with Crippen LogP contribution in [-0.4, -0.2) is 54.0 Å². The molecule has 1 saturated heterocycles. The average molecular weight is 681 g/mol. The fourth-order valence-electron chi connectivity index (χ4n) is 8.47. The first-order valence-corrected chi connectivity index (χ1v) is 25.5. The smallest absolute Gasteiger partial charge is 0.325 e. The molecule has 5 unspecified atom stereocenters. The number of fused-ring (bicyclic) bond motifs is 1. The molecule has 9 heteroatoms. The molecule has 0 radical (unpaired) electrons. The van der Waals surface area contributed by atoms with Crippen LogP contribution in [0.1, 0.15) is 147 Å². The number of rotatable bonds is 13. The van der Waals surface area contributed by atoms with Crippen molar-refractivity contribution < 1.29 is 21.5 Å². The number of ether oxygens (including phenoxy) is 1. The molecule has 262 valence electrons. The predicted molar refractivity (Wildman–Crippen MR) is 201 cm³/mol. The summed E-state index contributed by atoms with van der Waals surface area (Å²) in [6.07, 6.45) is 22.6. The van der Waals surface area contributed by atoms with Crippen LogP contribution in [0.15, 0.2) is 0 Å². The molecule has 5 aliphatic rings. The van der Waals surface area contributed by atoms with Crippen molar-refractivity contribution in [3.63, 3.8) is 0 Å². The van der Waals surface area contributed by atoms with Gasteiger partial charge in [0.1, 0.15) is 0 Å². The van der Waals surface area contributed by atoms with Crippen LogP contribution >= 0.6 is 0 Å². The molecule has 4 saturated carbocycles. The van der Waals surface area contributed by atoms with Crippen molar-refractivity contribution in [2.45, 2.75) is 208 Å². The van der Waals surface area contributed by atoms with Crippen LogP contribution in [0.2, 0.25) is 48.9 Å². The fraction of sp³-hybridized carbons (Fsp3) is 1.00. The van der Waals surface area contributed by atoms with E-state index >= 15 is 0 Å². The lowest BCUT2D eigenvalue weighted by Crippen LogP contribution is -2.60. The third kappa shape index (κ3) is 12.0. The van der Waals surface area contributed by atoms with Crippen LogP contribution in [0.25, 0.3) is 0 Å². The molecule has 0 amide bonds. The lowest BCUT2D eigenvalue weighted by Gasteiger charge is -2.45. The van der Waals surface area contributed by atoms with Crippen molar-refractivity contribution >= 4 is 34.7 Å². The maximum atomic E-state index is 7.37. The lowest BCUT2D eigenvalue weighted by atomic mass is 9.88. The fourth-order valence-corrected chi connectivity index (χ4v) is 28.8. The van der Waals surface area contributed by atoms with Crippen molar-refractivity contribution in [2.75, 3.05) is 7.11 Å². The first kappa shape index (κ1) is 45.8. The van der Waals surface area contributed by atoms with Crippen LogP contribution in [0, 0.1) is 5.92 Å². The molecule has 1 heterocycles. The summed E-state index contributed by atoms with van der Waals surface area (Å²) in [4.78, 5) is 0. The van der Waals surface area contributed by atoms with Crippen LogP contribution in [-0.2, 0) is 21.5 Å². The summed E-state index contributed by atoms with van der Waals surface area (Å²) in [5.41, 5.74) is 2.34. The summed E-state index contributed by atoms with van der Waals surface area (Å²) in [5, 5.41) is 0. The van der Waals surface area contributed by atoms with Gasteiger partial charge in [-0.15, -0.1) is 0 Å². The highest BCUT2D eigenvalue weighted by molar-refractivity contribution is 6.87. The zero-order valence-corrected chi connectivity index (χ0v) is 28.8. The predicted octanol–water partition coefficient (Wildman–Crippen LogP) is 11.9. The van der Waals surface area contributed by atoms with E-state index in [0.717, 1.165) is 23.0 Å². The molecule has 5 rings (SSSR count). The molecule has 5 atom stereocenters. The minimum absolute atomic E-state index is 0. The van der Waals surface area contributed by atoms with Gasteiger partial charge in [0.05, 0.1) is 12.2 Å². The van der Waals surface area contributed by atoms with Crippen molar-refractivity contribution in [1.29, 1.82) is 0 Å². The van der Waals surface area contributed by atoms with E-state index in [9.17, 15) is 0 Å². The van der Waals surface area contributed by atoms with Gasteiger partial charge in [-0.2, -0.15) is 0 Å². The molecular weight excluding hydrogens is 601 g/mol. The highest BCUT2D eigenvalue weighted by Crippen LogP contribution is 2.47. The standard InChI is InChI=1S/C28H56O5Si4.6CH4/c1-29-36(4,21-20-23-18-19-27-28(22-23)30-27)33-37(5,26-16-10-11-17-26)32-35(2,3)31-34(24-12-6-7-13-24)25-14-8-9-15-25;;;;;;/h23-28,34H,6-22H2,1-5H3;6*1H4. The maximum absolute atomic E-state index is 7.37. The van der Waals surface area contributed by atoms with Gasteiger partial charge in [-0.1, -0.05) is 109 Å². The summed E-state index contributed by atoms with van der Waals surface area (Å²) in [6.45, 7) is 9.44. The molecule has 5 nitrogen and oxygen atoms in total. The second-order valence-corrected chi connectivity index (χ2v) is 28.3. The van der Waals surface area contributed by atoms with Gasteiger partial charge in [0.2, 0.25) is 0 Å². The Kier molecular flexibility index (Phi) is 20.7. The SMILES string of the molecule is C.C.C.C.C.C.CO[Si](C)(CCC1CCC2OC2C1)O[Si](C)(O[Si](C)(C)O[SiH](C1CCCC1)C1CCCC1)C1CCCC1. The van der Waals surface area contributed by atoms with Gasteiger partial charge in [-0.25, -0.2) is 0 Å². The zero-order chi connectivity index (χ0) is 26.1. The molecule has 0 aromatic rings. The molecule has 0 bridgehead atoms. The van der Waals surface area contributed by atoms with Crippen molar-refractivity contribution in [2.24, 2.45) is 5.92 Å². The van der Waals surface area contributed by atoms with E-state index in [1.165, 1.54) is 103 Å².